The van der Waals surface area contributed by atoms with Crippen molar-refractivity contribution < 1.29 is 26.7 Å². The van der Waals surface area contributed by atoms with Crippen molar-refractivity contribution in [3.05, 3.63) is 112 Å². The first-order chi connectivity index (χ1) is 20.2. The van der Waals surface area contributed by atoms with E-state index in [4.69, 9.17) is 0 Å². The first-order valence-corrected chi connectivity index (χ1v) is 14.3. The normalized spacial score (nSPS) is 15.9. The van der Waals surface area contributed by atoms with Crippen molar-refractivity contribution in [1.82, 2.24) is 9.47 Å². The van der Waals surface area contributed by atoms with Gasteiger partial charge in [-0.25, -0.2) is 8.78 Å². The summed E-state index contributed by atoms with van der Waals surface area (Å²) in [5.41, 5.74) is 3.24. The molecular weight excluding hydrogens is 569 g/mol. The van der Waals surface area contributed by atoms with Gasteiger partial charge in [0.15, 0.2) is 11.6 Å². The van der Waals surface area contributed by atoms with Crippen molar-refractivity contribution >= 4 is 33.8 Å². The van der Waals surface area contributed by atoms with Gasteiger partial charge in [-0.1, -0.05) is 54.6 Å². The molecule has 1 aliphatic heterocycles. The summed E-state index contributed by atoms with van der Waals surface area (Å²) in [6, 6.07) is 20.0. The van der Waals surface area contributed by atoms with Gasteiger partial charge in [0.1, 0.15) is 4.88 Å². The van der Waals surface area contributed by atoms with E-state index in [1.165, 1.54) is 11.4 Å². The number of alkyl halides is 3. The van der Waals surface area contributed by atoms with Crippen LogP contribution in [0.5, 0.6) is 0 Å². The van der Waals surface area contributed by atoms with Gasteiger partial charge in [0, 0.05) is 41.1 Å². The van der Waals surface area contributed by atoms with Crippen LogP contribution < -0.4 is 5.32 Å². The van der Waals surface area contributed by atoms with Crippen molar-refractivity contribution in [3.63, 3.8) is 0 Å². The SMILES string of the molecule is O=C(CN1CCC(c2cn(Cc3ccc(F)c(F)c3)c3ccccc23)C1)Nc1csc(C(F)(F)F)c1-c1ccccc1. The van der Waals surface area contributed by atoms with E-state index in [0.717, 1.165) is 29.0 Å². The summed E-state index contributed by atoms with van der Waals surface area (Å²) in [5, 5.41) is 5.12. The van der Waals surface area contributed by atoms with Gasteiger partial charge in [-0.3, -0.25) is 9.69 Å². The lowest BCUT2D eigenvalue weighted by molar-refractivity contribution is -0.133. The Hall–Kier alpha value is -4.02. The lowest BCUT2D eigenvalue weighted by Crippen LogP contribution is -2.31. The Morgan fingerprint density at radius 3 is 2.50 bits per heavy atom. The standard InChI is InChI=1S/C32H26F5N3OS/c33-25-11-10-20(14-26(25)34)15-40-17-24(23-8-4-5-9-28(23)40)22-12-13-39(16-22)18-29(41)38-27-19-42-31(32(35,36)37)30(27)21-6-2-1-3-7-21/h1-11,14,17,19,22H,12-13,15-16,18H2,(H,38,41). The molecule has 5 aromatic rings. The molecule has 1 unspecified atom stereocenters. The lowest BCUT2D eigenvalue weighted by atomic mass is 9.98. The third-order valence-electron chi connectivity index (χ3n) is 7.62. The first-order valence-electron chi connectivity index (χ1n) is 13.5. The average Bonchev–Trinajstić information content (AvgIpc) is 3.69. The van der Waals surface area contributed by atoms with Crippen LogP contribution in [0.4, 0.5) is 27.6 Å². The number of rotatable bonds is 7. The fourth-order valence-corrected chi connectivity index (χ4v) is 6.63. The molecule has 1 N–H and O–H groups in total. The van der Waals surface area contributed by atoms with Crippen molar-refractivity contribution in [2.24, 2.45) is 0 Å². The Morgan fingerprint density at radius 1 is 0.976 bits per heavy atom. The Morgan fingerprint density at radius 2 is 1.74 bits per heavy atom. The van der Waals surface area contributed by atoms with Crippen LogP contribution >= 0.6 is 11.3 Å². The van der Waals surface area contributed by atoms with E-state index in [1.807, 2.05) is 39.9 Å². The Bertz CT molecular complexity index is 1740. The molecule has 10 heteroatoms. The van der Waals surface area contributed by atoms with Crippen LogP contribution in [-0.2, 0) is 17.5 Å². The van der Waals surface area contributed by atoms with Gasteiger partial charge in [-0.2, -0.15) is 13.2 Å². The second-order valence-electron chi connectivity index (χ2n) is 10.5. The number of anilines is 1. The number of hydrogen-bond acceptors (Lipinski definition) is 3. The van der Waals surface area contributed by atoms with Gasteiger partial charge in [0.05, 0.1) is 12.2 Å². The summed E-state index contributed by atoms with van der Waals surface area (Å²) in [6.45, 7) is 1.69. The minimum absolute atomic E-state index is 0.0189. The monoisotopic (exact) mass is 595 g/mol. The van der Waals surface area contributed by atoms with Crippen LogP contribution in [-0.4, -0.2) is 35.0 Å². The molecule has 0 spiro atoms. The van der Waals surface area contributed by atoms with Crippen LogP contribution in [0.2, 0.25) is 0 Å². The molecule has 1 amide bonds. The predicted molar refractivity (Wildman–Crippen MR) is 155 cm³/mol. The minimum atomic E-state index is -4.54. The number of aromatic nitrogens is 1. The van der Waals surface area contributed by atoms with Crippen LogP contribution in [0.25, 0.3) is 22.0 Å². The molecule has 3 heterocycles. The van der Waals surface area contributed by atoms with E-state index in [9.17, 15) is 26.7 Å². The Kier molecular flexibility index (Phi) is 7.59. The molecule has 0 aliphatic carbocycles. The molecular formula is C32H26F5N3OS. The number of benzene rings is 3. The fourth-order valence-electron chi connectivity index (χ4n) is 5.74. The molecule has 216 valence electrons. The summed E-state index contributed by atoms with van der Waals surface area (Å²) < 4.78 is 70.5. The molecule has 42 heavy (non-hydrogen) atoms. The predicted octanol–water partition coefficient (Wildman–Crippen LogP) is 8.14. The number of para-hydroxylation sites is 1. The summed E-state index contributed by atoms with van der Waals surface area (Å²) >= 11 is 0.571. The van der Waals surface area contributed by atoms with E-state index >= 15 is 0 Å². The zero-order chi connectivity index (χ0) is 29.4. The molecule has 2 aromatic heterocycles. The van der Waals surface area contributed by atoms with Crippen molar-refractivity contribution in [2.45, 2.75) is 25.1 Å². The van der Waals surface area contributed by atoms with Crippen molar-refractivity contribution in [1.29, 1.82) is 0 Å². The van der Waals surface area contributed by atoms with E-state index in [1.54, 1.807) is 36.4 Å². The second kappa shape index (κ2) is 11.3. The smallest absolute Gasteiger partial charge is 0.343 e. The van der Waals surface area contributed by atoms with Gasteiger partial charge >= 0.3 is 6.18 Å². The minimum Gasteiger partial charge on any atom is -0.343 e. The van der Waals surface area contributed by atoms with Gasteiger partial charge in [0.25, 0.3) is 0 Å². The molecule has 3 aromatic carbocycles. The van der Waals surface area contributed by atoms with Crippen LogP contribution in [0.1, 0.15) is 28.3 Å². The molecule has 0 saturated carbocycles. The van der Waals surface area contributed by atoms with E-state index < -0.39 is 22.7 Å². The zero-order valence-electron chi connectivity index (χ0n) is 22.3. The van der Waals surface area contributed by atoms with E-state index in [2.05, 4.69) is 5.32 Å². The second-order valence-corrected chi connectivity index (χ2v) is 11.3. The average molecular weight is 596 g/mol. The Balaban J connectivity index is 1.17. The summed E-state index contributed by atoms with van der Waals surface area (Å²) in [4.78, 5) is 14.3. The summed E-state index contributed by atoms with van der Waals surface area (Å²) in [5.74, 6) is -2.02. The largest absolute Gasteiger partial charge is 0.426 e. The number of carbonyl (C=O) groups is 1. The molecule has 6 rings (SSSR count). The van der Waals surface area contributed by atoms with Crippen molar-refractivity contribution in [3.8, 4) is 11.1 Å². The van der Waals surface area contributed by atoms with Crippen LogP contribution in [0, 0.1) is 11.6 Å². The van der Waals surface area contributed by atoms with E-state index in [0.29, 0.717) is 42.1 Å². The highest BCUT2D eigenvalue weighted by atomic mass is 32.1. The number of nitrogens with one attached hydrogen (secondary N) is 1. The third-order valence-corrected chi connectivity index (χ3v) is 8.65. The number of nitrogens with zero attached hydrogens (tertiary/aromatic N) is 2. The van der Waals surface area contributed by atoms with Gasteiger partial charge < -0.3 is 9.88 Å². The van der Waals surface area contributed by atoms with Crippen LogP contribution in [0.15, 0.2) is 84.4 Å². The zero-order valence-corrected chi connectivity index (χ0v) is 23.1. The molecule has 0 bridgehead atoms. The quantitative estimate of drug-likeness (QED) is 0.193. The number of carbonyl (C=O) groups excluding carboxylic acids is 1. The molecule has 0 radical (unpaired) electrons. The van der Waals surface area contributed by atoms with Crippen molar-refractivity contribution in [2.75, 3.05) is 25.0 Å². The van der Waals surface area contributed by atoms with E-state index in [-0.39, 0.29) is 29.6 Å². The van der Waals surface area contributed by atoms with Gasteiger partial charge in [-0.15, -0.1) is 11.3 Å². The highest BCUT2D eigenvalue weighted by Gasteiger charge is 2.37. The van der Waals surface area contributed by atoms with Crippen LogP contribution in [0.3, 0.4) is 0 Å². The maximum Gasteiger partial charge on any atom is 0.426 e. The highest BCUT2D eigenvalue weighted by molar-refractivity contribution is 7.11. The number of hydrogen-bond donors (Lipinski definition) is 1. The summed E-state index contributed by atoms with van der Waals surface area (Å²) in [6.07, 6.45) is -1.69. The molecule has 1 atom stereocenters. The molecule has 1 fully saturated rings. The molecule has 1 saturated heterocycles. The first kappa shape index (κ1) is 28.1. The molecule has 4 nitrogen and oxygen atoms in total. The third kappa shape index (κ3) is 5.69. The number of thiophene rings is 1. The molecule has 1 aliphatic rings. The Labute approximate surface area is 243 Å². The lowest BCUT2D eigenvalue weighted by Gasteiger charge is -2.16. The number of fused-ring (bicyclic) bond motifs is 1. The maximum atomic E-state index is 13.8. The highest BCUT2D eigenvalue weighted by Crippen LogP contribution is 2.45. The van der Waals surface area contributed by atoms with Gasteiger partial charge in [0.2, 0.25) is 5.91 Å². The maximum absolute atomic E-state index is 13.8. The number of amides is 1. The fraction of sp³-hybridized carbons (Fsp3) is 0.219. The summed E-state index contributed by atoms with van der Waals surface area (Å²) in [7, 11) is 0. The number of likely N-dealkylation sites (tertiary alicyclic amines) is 1. The van der Waals surface area contributed by atoms with Gasteiger partial charge in [-0.05, 0) is 53.8 Å². The number of halogens is 5. The topological polar surface area (TPSA) is 37.3 Å².